The summed E-state index contributed by atoms with van der Waals surface area (Å²) in [6.07, 6.45) is 4.81. The van der Waals surface area contributed by atoms with Gasteiger partial charge in [-0.05, 0) is 73.4 Å². The second-order valence-corrected chi connectivity index (χ2v) is 9.31. The molecule has 3 aromatic rings. The van der Waals surface area contributed by atoms with Gasteiger partial charge in [0, 0.05) is 18.0 Å². The summed E-state index contributed by atoms with van der Waals surface area (Å²) in [5.74, 6) is 0.846. The highest BCUT2D eigenvalue weighted by molar-refractivity contribution is 5.90. The Bertz CT molecular complexity index is 1150. The summed E-state index contributed by atoms with van der Waals surface area (Å²) in [6.45, 7) is 3.69. The summed E-state index contributed by atoms with van der Waals surface area (Å²) < 4.78 is 0. The molecule has 3 N–H and O–H groups in total. The molecule has 4 rings (SSSR count). The van der Waals surface area contributed by atoms with Gasteiger partial charge in [-0.1, -0.05) is 55.0 Å². The van der Waals surface area contributed by atoms with E-state index in [1.165, 1.54) is 16.3 Å². The highest BCUT2D eigenvalue weighted by atomic mass is 16.2. The van der Waals surface area contributed by atoms with Crippen LogP contribution >= 0.6 is 0 Å². The molecule has 172 valence electrons. The van der Waals surface area contributed by atoms with E-state index in [0.29, 0.717) is 24.6 Å². The first-order chi connectivity index (χ1) is 15.9. The second-order valence-electron chi connectivity index (χ2n) is 9.31. The van der Waals surface area contributed by atoms with E-state index in [9.17, 15) is 9.59 Å². The molecule has 5 heteroatoms. The SMILES string of the molecule is Cc1nc(N)ccc1CCC(=O)[C@H](C)NC(=O)[C@@H]1CCC[C@H](c2cccc3ccccc23)C1. The number of carbonyl (C=O) groups excluding carboxylic acids is 2. The number of aryl methyl sites for hydroxylation is 2. The van der Waals surface area contributed by atoms with Crippen molar-refractivity contribution in [2.45, 2.75) is 64.3 Å². The first-order valence-corrected chi connectivity index (χ1v) is 11.9. The highest BCUT2D eigenvalue weighted by Gasteiger charge is 2.30. The lowest BCUT2D eigenvalue weighted by atomic mass is 9.76. The van der Waals surface area contributed by atoms with Gasteiger partial charge >= 0.3 is 0 Å². The number of aromatic nitrogens is 1. The normalized spacial score (nSPS) is 19.2. The lowest BCUT2D eigenvalue weighted by Crippen LogP contribution is -2.42. The number of nitrogens with one attached hydrogen (secondary N) is 1. The Labute approximate surface area is 195 Å². The zero-order chi connectivity index (χ0) is 23.4. The molecule has 0 spiro atoms. The number of hydrogen-bond donors (Lipinski definition) is 2. The number of rotatable bonds is 7. The monoisotopic (exact) mass is 443 g/mol. The Balaban J connectivity index is 1.35. The molecule has 0 saturated heterocycles. The molecule has 1 aliphatic carbocycles. The van der Waals surface area contributed by atoms with Crippen molar-refractivity contribution in [3.05, 3.63) is 71.4 Å². The zero-order valence-electron chi connectivity index (χ0n) is 19.5. The summed E-state index contributed by atoms with van der Waals surface area (Å²) in [6, 6.07) is 18.1. The number of Topliss-reactive ketones (excluding diaryl/α,β-unsaturated/α-hetero) is 1. The molecule has 33 heavy (non-hydrogen) atoms. The van der Waals surface area contributed by atoms with Gasteiger partial charge in [0.05, 0.1) is 6.04 Å². The Hall–Kier alpha value is -3.21. The van der Waals surface area contributed by atoms with Gasteiger partial charge in [-0.3, -0.25) is 9.59 Å². The van der Waals surface area contributed by atoms with Crippen molar-refractivity contribution < 1.29 is 9.59 Å². The molecule has 2 aromatic carbocycles. The quantitative estimate of drug-likeness (QED) is 0.532. The number of benzene rings is 2. The van der Waals surface area contributed by atoms with E-state index in [2.05, 4.69) is 52.8 Å². The van der Waals surface area contributed by atoms with Crippen molar-refractivity contribution in [2.75, 3.05) is 5.73 Å². The van der Waals surface area contributed by atoms with Crippen LogP contribution in [-0.4, -0.2) is 22.7 Å². The minimum Gasteiger partial charge on any atom is -0.384 e. The Morgan fingerprint density at radius 3 is 2.70 bits per heavy atom. The molecular weight excluding hydrogens is 410 g/mol. The number of fused-ring (bicyclic) bond motifs is 1. The van der Waals surface area contributed by atoms with Gasteiger partial charge in [-0.2, -0.15) is 0 Å². The number of carbonyl (C=O) groups is 2. The van der Waals surface area contributed by atoms with Crippen molar-refractivity contribution in [1.29, 1.82) is 0 Å². The molecule has 1 aromatic heterocycles. The van der Waals surface area contributed by atoms with Crippen molar-refractivity contribution >= 4 is 28.3 Å². The van der Waals surface area contributed by atoms with Gasteiger partial charge in [0.1, 0.15) is 5.82 Å². The van der Waals surface area contributed by atoms with Crippen LogP contribution in [0.4, 0.5) is 5.82 Å². The van der Waals surface area contributed by atoms with Crippen LogP contribution in [0.3, 0.4) is 0 Å². The Morgan fingerprint density at radius 2 is 1.88 bits per heavy atom. The van der Waals surface area contributed by atoms with Crippen LogP contribution < -0.4 is 11.1 Å². The largest absolute Gasteiger partial charge is 0.384 e. The standard InChI is InChI=1S/C28H33N3O2/c1-18-20(14-16-27(29)30-18)13-15-26(32)19(2)31-28(33)23-10-5-9-22(17-23)25-12-6-8-21-7-3-4-11-24(21)25/h3-4,6-8,11-12,14,16,19,22-23H,5,9-10,13,15,17H2,1-2H3,(H2,29,30)(H,31,33)/t19-,22-,23+/m0/s1. The maximum atomic E-state index is 13.0. The molecule has 0 aliphatic heterocycles. The number of amides is 1. The number of hydrogen-bond acceptors (Lipinski definition) is 4. The van der Waals surface area contributed by atoms with Crippen molar-refractivity contribution in [3.63, 3.8) is 0 Å². The third-order valence-corrected chi connectivity index (χ3v) is 7.01. The predicted octanol–water partition coefficient (Wildman–Crippen LogP) is 5.11. The summed E-state index contributed by atoms with van der Waals surface area (Å²) in [5, 5.41) is 5.52. The van der Waals surface area contributed by atoms with Crippen molar-refractivity contribution in [2.24, 2.45) is 5.92 Å². The number of nitrogens with zero attached hydrogens (tertiary/aromatic N) is 1. The first kappa shape index (κ1) is 23.0. The average Bonchev–Trinajstić information content (AvgIpc) is 2.83. The van der Waals surface area contributed by atoms with E-state index >= 15 is 0 Å². The van der Waals surface area contributed by atoms with E-state index in [1.807, 2.05) is 13.0 Å². The molecule has 3 atom stereocenters. The van der Waals surface area contributed by atoms with Crippen LogP contribution in [-0.2, 0) is 16.0 Å². The van der Waals surface area contributed by atoms with Crippen molar-refractivity contribution in [3.8, 4) is 0 Å². The number of nitrogens with two attached hydrogens (primary N) is 1. The van der Waals surface area contributed by atoms with E-state index in [-0.39, 0.29) is 17.6 Å². The van der Waals surface area contributed by atoms with Crippen LogP contribution in [0.5, 0.6) is 0 Å². The Morgan fingerprint density at radius 1 is 1.09 bits per heavy atom. The fourth-order valence-corrected chi connectivity index (χ4v) is 5.08. The van der Waals surface area contributed by atoms with Gasteiger partial charge in [-0.25, -0.2) is 4.98 Å². The maximum absolute atomic E-state index is 13.0. The van der Waals surface area contributed by atoms with Crippen LogP contribution in [0.15, 0.2) is 54.6 Å². The average molecular weight is 444 g/mol. The molecule has 5 nitrogen and oxygen atoms in total. The molecule has 1 saturated carbocycles. The minimum atomic E-state index is -0.488. The summed E-state index contributed by atoms with van der Waals surface area (Å²) in [4.78, 5) is 30.0. The van der Waals surface area contributed by atoms with E-state index in [0.717, 1.165) is 36.9 Å². The second kappa shape index (κ2) is 10.2. The first-order valence-electron chi connectivity index (χ1n) is 11.9. The molecule has 0 bridgehead atoms. The smallest absolute Gasteiger partial charge is 0.223 e. The third kappa shape index (κ3) is 5.41. The van der Waals surface area contributed by atoms with E-state index < -0.39 is 6.04 Å². The van der Waals surface area contributed by atoms with E-state index in [4.69, 9.17) is 5.73 Å². The van der Waals surface area contributed by atoms with Crippen LogP contribution in [0.1, 0.15) is 61.8 Å². The highest BCUT2D eigenvalue weighted by Crippen LogP contribution is 2.39. The number of ketones is 1. The van der Waals surface area contributed by atoms with Crippen LogP contribution in [0.2, 0.25) is 0 Å². The molecular formula is C28H33N3O2. The number of pyridine rings is 1. The molecule has 0 radical (unpaired) electrons. The zero-order valence-corrected chi connectivity index (χ0v) is 19.5. The number of anilines is 1. The molecule has 1 amide bonds. The molecule has 0 unspecified atom stereocenters. The molecule has 1 heterocycles. The Kier molecular flexibility index (Phi) is 7.07. The van der Waals surface area contributed by atoms with Gasteiger partial charge in [0.15, 0.2) is 5.78 Å². The van der Waals surface area contributed by atoms with Gasteiger partial charge < -0.3 is 11.1 Å². The minimum absolute atomic E-state index is 0.00567. The van der Waals surface area contributed by atoms with Crippen LogP contribution in [0.25, 0.3) is 10.8 Å². The van der Waals surface area contributed by atoms with Gasteiger partial charge in [0.25, 0.3) is 0 Å². The molecule has 1 fully saturated rings. The lowest BCUT2D eigenvalue weighted by molar-refractivity contribution is -0.130. The summed E-state index contributed by atoms with van der Waals surface area (Å²) in [7, 11) is 0. The van der Waals surface area contributed by atoms with Gasteiger partial charge in [0.2, 0.25) is 5.91 Å². The van der Waals surface area contributed by atoms with E-state index in [1.54, 1.807) is 13.0 Å². The summed E-state index contributed by atoms with van der Waals surface area (Å²) >= 11 is 0. The fraction of sp³-hybridized carbons (Fsp3) is 0.393. The van der Waals surface area contributed by atoms with Crippen LogP contribution in [0, 0.1) is 12.8 Å². The van der Waals surface area contributed by atoms with Gasteiger partial charge in [-0.15, -0.1) is 0 Å². The topological polar surface area (TPSA) is 85.1 Å². The summed E-state index contributed by atoms with van der Waals surface area (Å²) in [5.41, 5.74) is 8.90. The third-order valence-electron chi connectivity index (χ3n) is 7.01. The maximum Gasteiger partial charge on any atom is 0.223 e. The predicted molar refractivity (Wildman–Crippen MR) is 133 cm³/mol. The number of nitrogen functional groups attached to an aromatic ring is 1. The van der Waals surface area contributed by atoms with Crippen molar-refractivity contribution in [1.82, 2.24) is 10.3 Å². The fourth-order valence-electron chi connectivity index (χ4n) is 5.08. The lowest BCUT2D eigenvalue weighted by Gasteiger charge is -2.30. The molecule has 1 aliphatic rings.